The number of hydrogen-bond donors (Lipinski definition) is 0. The molecule has 0 bridgehead atoms. The Morgan fingerprint density at radius 1 is 1.09 bits per heavy atom. The third-order valence-electron chi connectivity index (χ3n) is 1.85. The molecule has 2 heteroatoms. The van der Waals surface area contributed by atoms with Crippen molar-refractivity contribution in [1.82, 2.24) is 0 Å². The summed E-state index contributed by atoms with van der Waals surface area (Å²) in [4.78, 5) is 0. The van der Waals surface area contributed by atoms with Crippen LogP contribution in [0.2, 0.25) is 5.09 Å². The van der Waals surface area contributed by atoms with Gasteiger partial charge in [0.15, 0.2) is 0 Å². The van der Waals surface area contributed by atoms with E-state index in [1.807, 2.05) is 0 Å². The second-order valence-electron chi connectivity index (χ2n) is 4.92. The Bertz CT molecular complexity index is 113. The summed E-state index contributed by atoms with van der Waals surface area (Å²) in [6.07, 6.45) is 0. The average Bonchev–Trinajstić information content (AvgIpc) is 1.83. The molecular formula is C9H19LiO. The first kappa shape index (κ1) is 11.6. The second kappa shape index (κ2) is 3.98. The van der Waals surface area contributed by atoms with Gasteiger partial charge in [0.2, 0.25) is 0 Å². The Balaban J connectivity index is 3.70. The summed E-state index contributed by atoms with van der Waals surface area (Å²) in [6, 6.07) is 0. The van der Waals surface area contributed by atoms with Gasteiger partial charge < -0.3 is 0 Å². The molecule has 0 aliphatic rings. The van der Waals surface area contributed by atoms with Crippen LogP contribution in [-0.4, -0.2) is 29.9 Å². The molecule has 1 nitrogen and oxygen atoms in total. The van der Waals surface area contributed by atoms with Crippen LogP contribution in [0.1, 0.15) is 34.6 Å². The molecule has 0 aliphatic carbocycles. The summed E-state index contributed by atoms with van der Waals surface area (Å²) < 4.78 is 5.68. The topological polar surface area (TPSA) is 9.23 Å². The fourth-order valence-corrected chi connectivity index (χ4v) is 0.514. The zero-order chi connectivity index (χ0) is 9.12. The summed E-state index contributed by atoms with van der Waals surface area (Å²) in [5.41, 5.74) is 0.333. The van der Waals surface area contributed by atoms with E-state index in [1.165, 1.54) is 5.09 Å². The first-order chi connectivity index (χ1) is 4.77. The van der Waals surface area contributed by atoms with E-state index in [9.17, 15) is 0 Å². The summed E-state index contributed by atoms with van der Waals surface area (Å²) in [5.74, 6) is 0. The maximum absolute atomic E-state index is 5.68. The van der Waals surface area contributed by atoms with Crippen molar-refractivity contribution < 1.29 is 4.74 Å². The maximum atomic E-state index is 5.68. The van der Waals surface area contributed by atoms with E-state index in [-0.39, 0.29) is 5.60 Å². The van der Waals surface area contributed by atoms with Crippen molar-refractivity contribution in [3.63, 3.8) is 0 Å². The standard InChI is InChI=1S/C9H19O.Li/c1-8(2,3)7-10-9(4,5)6;/h1,7H2,2-6H3;. The second-order valence-corrected chi connectivity index (χ2v) is 4.92. The van der Waals surface area contributed by atoms with Crippen molar-refractivity contribution >= 4 is 17.7 Å². The molecule has 0 radical (unpaired) electrons. The van der Waals surface area contributed by atoms with Gasteiger partial charge in [-0.2, -0.15) is 0 Å². The number of hydrogen-bond acceptors (Lipinski definition) is 1. The molecule has 11 heavy (non-hydrogen) atoms. The van der Waals surface area contributed by atoms with Crippen LogP contribution in [0.25, 0.3) is 0 Å². The number of ether oxygens (including phenoxy) is 1. The molecule has 0 N–H and O–H groups in total. The Hall–Kier alpha value is 0.557. The van der Waals surface area contributed by atoms with Crippen LogP contribution in [0, 0.1) is 5.41 Å². The molecule has 0 saturated carbocycles. The molecule has 0 heterocycles. The van der Waals surface area contributed by atoms with Crippen molar-refractivity contribution in [1.29, 1.82) is 0 Å². The Morgan fingerprint density at radius 2 is 1.55 bits per heavy atom. The monoisotopic (exact) mass is 150 g/mol. The predicted molar refractivity (Wildman–Crippen MR) is 50.0 cm³/mol. The van der Waals surface area contributed by atoms with Crippen LogP contribution < -0.4 is 0 Å². The SMILES string of the molecule is [Li][CH2]C(C)(C)COC(C)(C)C. The Kier molecular flexibility index (Phi) is 4.19. The normalized spacial score (nSPS) is 13.7. The molecular weight excluding hydrogens is 131 g/mol. The van der Waals surface area contributed by atoms with Crippen LogP contribution in [0.5, 0.6) is 0 Å². The average molecular weight is 150 g/mol. The first-order valence-electron chi connectivity index (χ1n) is 4.41. The van der Waals surface area contributed by atoms with Crippen LogP contribution in [0.15, 0.2) is 0 Å². The summed E-state index contributed by atoms with van der Waals surface area (Å²) in [5, 5.41) is 1.17. The van der Waals surface area contributed by atoms with E-state index in [0.29, 0.717) is 5.41 Å². The van der Waals surface area contributed by atoms with E-state index >= 15 is 0 Å². The van der Waals surface area contributed by atoms with Crippen LogP contribution >= 0.6 is 0 Å². The molecule has 0 aromatic rings. The van der Waals surface area contributed by atoms with E-state index in [4.69, 9.17) is 4.74 Å². The molecule has 0 fully saturated rings. The predicted octanol–water partition coefficient (Wildman–Crippen LogP) is 2.41. The van der Waals surface area contributed by atoms with Crippen molar-refractivity contribution in [2.45, 2.75) is 45.3 Å². The molecule has 0 spiro atoms. The first-order valence-corrected chi connectivity index (χ1v) is 4.41. The molecule has 0 aromatic heterocycles. The quantitative estimate of drug-likeness (QED) is 0.561. The van der Waals surface area contributed by atoms with E-state index < -0.39 is 0 Å². The molecule has 62 valence electrons. The minimum absolute atomic E-state index is 0.00639. The van der Waals surface area contributed by atoms with Gasteiger partial charge in [-0.15, -0.1) is 0 Å². The molecule has 0 rings (SSSR count). The van der Waals surface area contributed by atoms with Gasteiger partial charge in [-0.05, 0) is 0 Å². The molecule has 0 amide bonds. The van der Waals surface area contributed by atoms with E-state index in [0.717, 1.165) is 6.61 Å². The van der Waals surface area contributed by atoms with E-state index in [1.54, 1.807) is 0 Å². The molecule has 0 aromatic carbocycles. The summed E-state index contributed by atoms with van der Waals surface area (Å²) in [7, 11) is 0. The van der Waals surface area contributed by atoms with Crippen molar-refractivity contribution in [3.05, 3.63) is 0 Å². The zero-order valence-corrected chi connectivity index (χ0v) is 8.82. The third-order valence-corrected chi connectivity index (χ3v) is 1.85. The zero-order valence-electron chi connectivity index (χ0n) is 8.82. The summed E-state index contributed by atoms with van der Waals surface area (Å²) >= 11 is 2.20. The van der Waals surface area contributed by atoms with Gasteiger partial charge >= 0.3 is 79.8 Å². The molecule has 0 saturated heterocycles. The van der Waals surface area contributed by atoms with Crippen LogP contribution in [-0.2, 0) is 4.74 Å². The van der Waals surface area contributed by atoms with Gasteiger partial charge in [-0.25, -0.2) is 0 Å². The molecule has 0 unspecified atom stereocenters. The van der Waals surface area contributed by atoms with Crippen LogP contribution in [0.3, 0.4) is 0 Å². The van der Waals surface area contributed by atoms with Gasteiger partial charge in [-0.1, -0.05) is 0 Å². The molecule has 0 aliphatic heterocycles. The van der Waals surface area contributed by atoms with Crippen molar-refractivity contribution in [2.24, 2.45) is 5.41 Å². The summed E-state index contributed by atoms with van der Waals surface area (Å²) in [6.45, 7) is 11.6. The fraction of sp³-hybridized carbons (Fsp3) is 1.00. The number of rotatable bonds is 3. The van der Waals surface area contributed by atoms with Crippen molar-refractivity contribution in [3.8, 4) is 0 Å². The van der Waals surface area contributed by atoms with Crippen LogP contribution in [0.4, 0.5) is 0 Å². The van der Waals surface area contributed by atoms with Crippen molar-refractivity contribution in [2.75, 3.05) is 6.61 Å². The van der Waals surface area contributed by atoms with E-state index in [2.05, 4.69) is 52.3 Å². The third kappa shape index (κ3) is 6.94. The van der Waals surface area contributed by atoms with Gasteiger partial charge in [0.1, 0.15) is 0 Å². The minimum atomic E-state index is 0.00639. The van der Waals surface area contributed by atoms with Gasteiger partial charge in [0.25, 0.3) is 0 Å². The fourth-order valence-electron chi connectivity index (χ4n) is 0.514. The Labute approximate surface area is 80.1 Å². The van der Waals surface area contributed by atoms with Gasteiger partial charge in [0.05, 0.1) is 0 Å². The Morgan fingerprint density at radius 3 is 1.82 bits per heavy atom. The van der Waals surface area contributed by atoms with Gasteiger partial charge in [0, 0.05) is 0 Å². The molecule has 0 atom stereocenters. The van der Waals surface area contributed by atoms with Gasteiger partial charge in [-0.3, -0.25) is 0 Å².